The minimum Gasteiger partial charge on any atom is -0.336 e. The van der Waals surface area contributed by atoms with Crippen molar-refractivity contribution in [1.82, 2.24) is 4.90 Å². The van der Waals surface area contributed by atoms with Gasteiger partial charge in [-0.2, -0.15) is 0 Å². The highest BCUT2D eigenvalue weighted by molar-refractivity contribution is 5.94. The molecule has 0 aliphatic heterocycles. The summed E-state index contributed by atoms with van der Waals surface area (Å²) in [5, 5.41) is 2.85. The Morgan fingerprint density at radius 2 is 1.88 bits per heavy atom. The molecule has 0 radical (unpaired) electrons. The van der Waals surface area contributed by atoms with E-state index in [9.17, 15) is 9.59 Å². The average Bonchev–Trinajstić information content (AvgIpc) is 3.36. The number of nitrogens with zero attached hydrogens (tertiary/aromatic N) is 1. The molecule has 1 aliphatic carbocycles. The number of halogens is 1. The van der Waals surface area contributed by atoms with Crippen LogP contribution in [0.15, 0.2) is 24.3 Å². The molecular formula is C18H28ClN3O2. The van der Waals surface area contributed by atoms with E-state index in [1.165, 1.54) is 0 Å². The molecule has 0 spiro atoms. The number of carbonyl (C=O) groups is 2. The first-order chi connectivity index (χ1) is 10.9. The highest BCUT2D eigenvalue weighted by atomic mass is 35.5. The number of nitrogens with one attached hydrogen (secondary N) is 1. The van der Waals surface area contributed by atoms with Crippen molar-refractivity contribution in [3.05, 3.63) is 29.8 Å². The van der Waals surface area contributed by atoms with Gasteiger partial charge >= 0.3 is 0 Å². The number of amides is 2. The van der Waals surface area contributed by atoms with Crippen LogP contribution in [0.4, 0.5) is 5.69 Å². The Hall–Kier alpha value is -1.59. The molecule has 24 heavy (non-hydrogen) atoms. The van der Waals surface area contributed by atoms with Crippen molar-refractivity contribution in [2.24, 2.45) is 11.7 Å². The van der Waals surface area contributed by atoms with Crippen LogP contribution in [-0.2, 0) is 16.1 Å². The van der Waals surface area contributed by atoms with Gasteiger partial charge in [0, 0.05) is 25.2 Å². The second-order valence-corrected chi connectivity index (χ2v) is 6.48. The van der Waals surface area contributed by atoms with Gasteiger partial charge in [-0.15, -0.1) is 12.4 Å². The van der Waals surface area contributed by atoms with E-state index < -0.39 is 6.04 Å². The molecule has 3 N–H and O–H groups in total. The second kappa shape index (κ2) is 9.04. The molecule has 6 heteroatoms. The summed E-state index contributed by atoms with van der Waals surface area (Å²) in [6.07, 6.45) is 3.07. The van der Waals surface area contributed by atoms with Crippen molar-refractivity contribution in [3.63, 3.8) is 0 Å². The van der Waals surface area contributed by atoms with E-state index in [0.29, 0.717) is 12.6 Å². The van der Waals surface area contributed by atoms with Crippen LogP contribution in [0.1, 0.15) is 45.6 Å². The quantitative estimate of drug-likeness (QED) is 0.791. The predicted molar refractivity (Wildman–Crippen MR) is 99.0 cm³/mol. The van der Waals surface area contributed by atoms with Gasteiger partial charge in [0.2, 0.25) is 11.8 Å². The Balaban J connectivity index is 0.00000288. The van der Waals surface area contributed by atoms with E-state index in [-0.39, 0.29) is 30.1 Å². The molecule has 0 bridgehead atoms. The molecule has 2 rings (SSSR count). The van der Waals surface area contributed by atoms with E-state index in [4.69, 9.17) is 5.73 Å². The van der Waals surface area contributed by atoms with E-state index >= 15 is 0 Å². The minimum atomic E-state index is -0.497. The third-order valence-electron chi connectivity index (χ3n) is 4.53. The first-order valence-electron chi connectivity index (χ1n) is 8.35. The third-order valence-corrected chi connectivity index (χ3v) is 4.53. The molecule has 134 valence electrons. The number of hydrogen-bond donors (Lipinski definition) is 2. The Morgan fingerprint density at radius 3 is 2.33 bits per heavy atom. The van der Waals surface area contributed by atoms with Crippen LogP contribution in [0.5, 0.6) is 0 Å². The molecule has 2 unspecified atom stereocenters. The average molecular weight is 354 g/mol. The van der Waals surface area contributed by atoms with Gasteiger partial charge in [0.05, 0.1) is 6.04 Å². The summed E-state index contributed by atoms with van der Waals surface area (Å²) in [6.45, 7) is 6.23. The van der Waals surface area contributed by atoms with Crippen LogP contribution in [0.2, 0.25) is 0 Å². The van der Waals surface area contributed by atoms with Gasteiger partial charge in [0.25, 0.3) is 0 Å². The molecule has 0 aromatic heterocycles. The van der Waals surface area contributed by atoms with E-state index in [1.807, 2.05) is 43.0 Å². The van der Waals surface area contributed by atoms with Crippen molar-refractivity contribution in [2.75, 3.05) is 5.32 Å². The largest absolute Gasteiger partial charge is 0.336 e. The lowest BCUT2D eigenvalue weighted by atomic mass is 9.99. The van der Waals surface area contributed by atoms with Gasteiger partial charge in [0.1, 0.15) is 0 Å². The summed E-state index contributed by atoms with van der Waals surface area (Å²) >= 11 is 0. The number of carbonyl (C=O) groups excluding carboxylic acids is 2. The summed E-state index contributed by atoms with van der Waals surface area (Å²) in [5.74, 6) is 0.108. The first kappa shape index (κ1) is 20.5. The van der Waals surface area contributed by atoms with Gasteiger partial charge in [-0.1, -0.05) is 32.4 Å². The van der Waals surface area contributed by atoms with E-state index in [0.717, 1.165) is 30.5 Å². The number of hydrogen-bond acceptors (Lipinski definition) is 3. The summed E-state index contributed by atoms with van der Waals surface area (Å²) < 4.78 is 0. The molecule has 2 atom stereocenters. The van der Waals surface area contributed by atoms with Crippen LogP contribution in [0.3, 0.4) is 0 Å². The van der Waals surface area contributed by atoms with Crippen molar-refractivity contribution < 1.29 is 9.59 Å². The maximum Gasteiger partial charge on any atom is 0.241 e. The lowest BCUT2D eigenvalue weighted by molar-refractivity contribution is -0.130. The molecule has 1 aromatic carbocycles. The van der Waals surface area contributed by atoms with Crippen LogP contribution in [-0.4, -0.2) is 28.8 Å². The zero-order valence-electron chi connectivity index (χ0n) is 14.6. The zero-order chi connectivity index (χ0) is 17.0. The second-order valence-electron chi connectivity index (χ2n) is 6.48. The SMILES string of the molecule is CCC(C)C(N)C(=O)Nc1ccc(CN(C(C)=O)C2CC2)cc1.Cl. The van der Waals surface area contributed by atoms with Crippen LogP contribution < -0.4 is 11.1 Å². The summed E-state index contributed by atoms with van der Waals surface area (Å²) in [6, 6.07) is 7.53. The fourth-order valence-corrected chi connectivity index (χ4v) is 2.51. The predicted octanol–water partition coefficient (Wildman–Crippen LogP) is 2.93. The van der Waals surface area contributed by atoms with Crippen molar-refractivity contribution in [3.8, 4) is 0 Å². The molecule has 2 amide bonds. The van der Waals surface area contributed by atoms with Gasteiger partial charge in [-0.25, -0.2) is 0 Å². The number of rotatable bonds is 7. The molecular weight excluding hydrogens is 326 g/mol. The molecule has 0 heterocycles. The van der Waals surface area contributed by atoms with Crippen LogP contribution in [0.25, 0.3) is 0 Å². The summed E-state index contributed by atoms with van der Waals surface area (Å²) in [7, 11) is 0. The fraction of sp³-hybridized carbons (Fsp3) is 0.556. The smallest absolute Gasteiger partial charge is 0.241 e. The molecule has 0 saturated heterocycles. The topological polar surface area (TPSA) is 75.4 Å². The summed E-state index contributed by atoms with van der Waals surface area (Å²) in [4.78, 5) is 25.6. The van der Waals surface area contributed by atoms with E-state index in [1.54, 1.807) is 6.92 Å². The molecule has 1 saturated carbocycles. The first-order valence-corrected chi connectivity index (χ1v) is 8.35. The number of benzene rings is 1. The number of anilines is 1. The van der Waals surface area contributed by atoms with Crippen molar-refractivity contribution in [1.29, 1.82) is 0 Å². The Bertz CT molecular complexity index is 558. The van der Waals surface area contributed by atoms with Gasteiger partial charge in [-0.3, -0.25) is 9.59 Å². The lowest BCUT2D eigenvalue weighted by Gasteiger charge is -2.21. The van der Waals surface area contributed by atoms with Gasteiger partial charge < -0.3 is 16.0 Å². The highest BCUT2D eigenvalue weighted by Gasteiger charge is 2.30. The Morgan fingerprint density at radius 1 is 1.29 bits per heavy atom. The Labute approximate surface area is 150 Å². The normalized spacial score (nSPS) is 15.8. The zero-order valence-corrected chi connectivity index (χ0v) is 15.4. The van der Waals surface area contributed by atoms with Gasteiger partial charge in [-0.05, 0) is 36.5 Å². The monoisotopic (exact) mass is 353 g/mol. The van der Waals surface area contributed by atoms with Crippen molar-refractivity contribution >= 4 is 29.9 Å². The molecule has 1 aromatic rings. The van der Waals surface area contributed by atoms with Crippen LogP contribution >= 0.6 is 12.4 Å². The fourth-order valence-electron chi connectivity index (χ4n) is 2.51. The maximum atomic E-state index is 12.1. The van der Waals surface area contributed by atoms with Crippen LogP contribution in [0, 0.1) is 5.92 Å². The maximum absolute atomic E-state index is 12.1. The minimum absolute atomic E-state index is 0. The molecule has 1 aliphatic rings. The highest BCUT2D eigenvalue weighted by Crippen LogP contribution is 2.28. The van der Waals surface area contributed by atoms with Crippen molar-refractivity contribution in [2.45, 2.75) is 58.7 Å². The third kappa shape index (κ3) is 5.49. The van der Waals surface area contributed by atoms with Gasteiger partial charge in [0.15, 0.2) is 0 Å². The number of nitrogens with two attached hydrogens (primary N) is 1. The summed E-state index contributed by atoms with van der Waals surface area (Å²) in [5.41, 5.74) is 7.73. The van der Waals surface area contributed by atoms with E-state index in [2.05, 4.69) is 5.32 Å². The molecule has 5 nitrogen and oxygen atoms in total. The Kier molecular flexibility index (Phi) is 7.70. The lowest BCUT2D eigenvalue weighted by Crippen LogP contribution is -2.40. The molecule has 1 fully saturated rings. The standard InChI is InChI=1S/C18H27N3O2.ClH/c1-4-12(2)17(19)18(23)20-15-7-5-14(6-8-15)11-21(13(3)22)16-9-10-16;/h5-8,12,16-17H,4,9-11,19H2,1-3H3,(H,20,23);1H.